The molecule has 0 amide bonds. The fraction of sp³-hybridized carbons (Fsp3) is 0.312. The van der Waals surface area contributed by atoms with E-state index in [0.717, 1.165) is 23.3 Å². The van der Waals surface area contributed by atoms with Gasteiger partial charge in [-0.15, -0.1) is 11.3 Å². The number of carboxylic acids is 1. The molecule has 1 saturated carbocycles. The first kappa shape index (κ1) is 14.6. The Hall–Kier alpha value is -1.36. The number of aliphatic carboxylic acids is 1. The minimum atomic E-state index is -1.02. The molecular weight excluding hydrogens is 306 g/mol. The van der Waals surface area contributed by atoms with Crippen LogP contribution in [0.25, 0.3) is 0 Å². The van der Waals surface area contributed by atoms with E-state index in [2.05, 4.69) is 5.32 Å². The number of thiophene rings is 1. The van der Waals surface area contributed by atoms with Crippen LogP contribution < -0.4 is 5.32 Å². The quantitative estimate of drug-likeness (QED) is 0.849. The molecule has 0 aliphatic heterocycles. The van der Waals surface area contributed by atoms with E-state index < -0.39 is 11.5 Å². The lowest BCUT2D eigenvalue weighted by Crippen LogP contribution is -2.50. The van der Waals surface area contributed by atoms with Gasteiger partial charge in [-0.05, 0) is 47.9 Å². The monoisotopic (exact) mass is 321 g/mol. The first-order valence-corrected chi connectivity index (χ1v) is 8.15. The Bertz CT molecular complexity index is 622. The molecule has 1 heterocycles. The van der Waals surface area contributed by atoms with Gasteiger partial charge in [-0.2, -0.15) is 0 Å². The summed E-state index contributed by atoms with van der Waals surface area (Å²) in [5, 5.41) is 15.8. The lowest BCUT2D eigenvalue weighted by Gasteiger charge is -2.31. The van der Waals surface area contributed by atoms with Gasteiger partial charge in [-0.3, -0.25) is 5.32 Å². The number of nitrogens with one attached hydrogen (secondary N) is 1. The molecule has 1 fully saturated rings. The Morgan fingerprint density at radius 2 is 2.05 bits per heavy atom. The van der Waals surface area contributed by atoms with Crippen LogP contribution in [0.15, 0.2) is 41.8 Å². The average Bonchev–Trinajstić information content (AvgIpc) is 3.18. The summed E-state index contributed by atoms with van der Waals surface area (Å²) in [5.41, 5.74) is -0.243. The average molecular weight is 322 g/mol. The predicted molar refractivity (Wildman–Crippen MR) is 84.6 cm³/mol. The molecule has 110 valence electrons. The van der Waals surface area contributed by atoms with E-state index >= 15 is 0 Å². The highest BCUT2D eigenvalue weighted by molar-refractivity contribution is 7.09. The summed E-state index contributed by atoms with van der Waals surface area (Å²) in [6.07, 6.45) is 1.87. The molecule has 1 aliphatic rings. The molecule has 1 unspecified atom stereocenters. The maximum Gasteiger partial charge on any atom is 0.328 e. The van der Waals surface area contributed by atoms with Crippen LogP contribution in [0, 0.1) is 5.92 Å². The molecule has 3 nitrogen and oxygen atoms in total. The van der Waals surface area contributed by atoms with Crippen LogP contribution in [0.3, 0.4) is 0 Å². The summed E-state index contributed by atoms with van der Waals surface area (Å²) in [4.78, 5) is 13.2. The van der Waals surface area contributed by atoms with Crippen LogP contribution in [0.5, 0.6) is 0 Å². The van der Waals surface area contributed by atoms with Crippen LogP contribution >= 0.6 is 22.9 Å². The van der Waals surface area contributed by atoms with E-state index in [0.29, 0.717) is 11.6 Å². The zero-order valence-electron chi connectivity index (χ0n) is 11.4. The Balaban J connectivity index is 1.93. The molecule has 0 radical (unpaired) electrons. The van der Waals surface area contributed by atoms with Gasteiger partial charge in [0.05, 0.1) is 0 Å². The maximum absolute atomic E-state index is 12.1. The van der Waals surface area contributed by atoms with Crippen LogP contribution in [0.2, 0.25) is 5.02 Å². The summed E-state index contributed by atoms with van der Waals surface area (Å²) in [5.74, 6) is -0.681. The molecule has 1 atom stereocenters. The highest BCUT2D eigenvalue weighted by Gasteiger charge is 2.52. The third-order valence-electron chi connectivity index (χ3n) is 3.95. The fourth-order valence-corrected chi connectivity index (χ4v) is 3.50. The minimum absolute atomic E-state index is 0.135. The second-order valence-corrected chi connectivity index (χ2v) is 6.80. The van der Waals surface area contributed by atoms with Gasteiger partial charge in [0.25, 0.3) is 0 Å². The van der Waals surface area contributed by atoms with E-state index in [-0.39, 0.29) is 5.92 Å². The van der Waals surface area contributed by atoms with Crippen molar-refractivity contribution >= 4 is 28.9 Å². The van der Waals surface area contributed by atoms with Crippen LogP contribution in [0.4, 0.5) is 0 Å². The molecular formula is C16H16ClNO2S. The van der Waals surface area contributed by atoms with E-state index in [1.165, 1.54) is 0 Å². The Kier molecular flexibility index (Phi) is 4.02. The predicted octanol–water partition coefficient (Wildman–Crippen LogP) is 3.88. The fourth-order valence-electron chi connectivity index (χ4n) is 2.72. The molecule has 2 aromatic rings. The van der Waals surface area contributed by atoms with Crippen LogP contribution in [0.1, 0.15) is 23.3 Å². The van der Waals surface area contributed by atoms with Crippen molar-refractivity contribution in [3.63, 3.8) is 0 Å². The zero-order valence-corrected chi connectivity index (χ0v) is 13.0. The van der Waals surface area contributed by atoms with Gasteiger partial charge in [-0.25, -0.2) is 4.79 Å². The molecule has 1 aliphatic carbocycles. The standard InChI is InChI=1S/C16H16ClNO2S/c17-13-7-5-12(6-8-13)16(15(19)20,11-3-4-11)18-10-14-2-1-9-21-14/h1-2,5-9,11,18H,3-4,10H2,(H,19,20). The smallest absolute Gasteiger partial charge is 0.328 e. The van der Waals surface area contributed by atoms with Crippen molar-refractivity contribution in [1.82, 2.24) is 5.32 Å². The third kappa shape index (κ3) is 2.84. The minimum Gasteiger partial charge on any atom is -0.480 e. The van der Waals surface area contributed by atoms with Crippen molar-refractivity contribution in [3.8, 4) is 0 Å². The summed E-state index contributed by atoms with van der Waals surface area (Å²) in [6.45, 7) is 0.559. The molecule has 21 heavy (non-hydrogen) atoms. The van der Waals surface area contributed by atoms with E-state index in [1.54, 1.807) is 23.5 Å². The molecule has 0 bridgehead atoms. The van der Waals surface area contributed by atoms with Gasteiger partial charge in [0.15, 0.2) is 0 Å². The van der Waals surface area contributed by atoms with E-state index in [4.69, 9.17) is 11.6 Å². The van der Waals surface area contributed by atoms with Gasteiger partial charge in [-0.1, -0.05) is 29.8 Å². The second-order valence-electron chi connectivity index (χ2n) is 5.33. The maximum atomic E-state index is 12.1. The van der Waals surface area contributed by atoms with Crippen molar-refractivity contribution in [2.75, 3.05) is 0 Å². The first-order chi connectivity index (χ1) is 10.1. The van der Waals surface area contributed by atoms with E-state index in [1.807, 2.05) is 29.6 Å². The largest absolute Gasteiger partial charge is 0.480 e. The number of rotatable bonds is 6. The normalized spacial score (nSPS) is 17.4. The molecule has 0 spiro atoms. The van der Waals surface area contributed by atoms with Gasteiger partial charge >= 0.3 is 5.97 Å². The lowest BCUT2D eigenvalue weighted by atomic mass is 9.84. The van der Waals surface area contributed by atoms with Crippen molar-refractivity contribution < 1.29 is 9.90 Å². The molecule has 5 heteroatoms. The molecule has 1 aromatic heterocycles. The highest BCUT2D eigenvalue weighted by atomic mass is 35.5. The Morgan fingerprint density at radius 1 is 1.33 bits per heavy atom. The van der Waals surface area contributed by atoms with Gasteiger partial charge < -0.3 is 5.11 Å². The van der Waals surface area contributed by atoms with Crippen LogP contribution in [-0.2, 0) is 16.9 Å². The number of halogens is 1. The second kappa shape index (κ2) is 5.79. The topological polar surface area (TPSA) is 49.3 Å². The van der Waals surface area contributed by atoms with Crippen LogP contribution in [-0.4, -0.2) is 11.1 Å². The van der Waals surface area contributed by atoms with Crippen molar-refractivity contribution in [3.05, 3.63) is 57.2 Å². The van der Waals surface area contributed by atoms with Crippen molar-refractivity contribution in [2.45, 2.75) is 24.9 Å². The molecule has 0 saturated heterocycles. The molecule has 1 aromatic carbocycles. The summed E-state index contributed by atoms with van der Waals surface area (Å²) in [6, 6.07) is 11.1. The number of carbonyl (C=O) groups is 1. The highest BCUT2D eigenvalue weighted by Crippen LogP contribution is 2.46. The number of benzene rings is 1. The summed E-state index contributed by atoms with van der Waals surface area (Å²) in [7, 11) is 0. The summed E-state index contributed by atoms with van der Waals surface area (Å²) < 4.78 is 0. The Morgan fingerprint density at radius 3 is 2.57 bits per heavy atom. The van der Waals surface area contributed by atoms with Gasteiger partial charge in [0.1, 0.15) is 5.54 Å². The summed E-state index contributed by atoms with van der Waals surface area (Å²) >= 11 is 7.56. The number of hydrogen-bond donors (Lipinski definition) is 2. The Labute approximate surface area is 132 Å². The molecule has 3 rings (SSSR count). The SMILES string of the molecule is O=C(O)C(NCc1cccs1)(c1ccc(Cl)cc1)C1CC1. The third-order valence-corrected chi connectivity index (χ3v) is 5.08. The van der Waals surface area contributed by atoms with Crippen molar-refractivity contribution in [2.24, 2.45) is 5.92 Å². The number of hydrogen-bond acceptors (Lipinski definition) is 3. The molecule has 2 N–H and O–H groups in total. The zero-order chi connectivity index (χ0) is 14.9. The van der Waals surface area contributed by atoms with Gasteiger partial charge in [0, 0.05) is 16.4 Å². The van der Waals surface area contributed by atoms with Crippen molar-refractivity contribution in [1.29, 1.82) is 0 Å². The first-order valence-electron chi connectivity index (χ1n) is 6.90. The van der Waals surface area contributed by atoms with Gasteiger partial charge in [0.2, 0.25) is 0 Å². The lowest BCUT2D eigenvalue weighted by molar-refractivity contribution is -0.146. The number of carboxylic acid groups (broad SMARTS) is 1. The van der Waals surface area contributed by atoms with E-state index in [9.17, 15) is 9.90 Å².